The molecule has 0 fully saturated rings. The number of hydrogen-bond acceptors (Lipinski definition) is 2. The minimum Gasteiger partial charge on any atom is -0.481 e. The van der Waals surface area contributed by atoms with Gasteiger partial charge in [-0.1, -0.05) is 0 Å². The Morgan fingerprint density at radius 3 is 2.75 bits per heavy atom. The number of terminal acetylenes is 1. The van der Waals surface area contributed by atoms with Crippen molar-refractivity contribution in [1.29, 1.82) is 0 Å². The van der Waals surface area contributed by atoms with Gasteiger partial charge >= 0.3 is 5.97 Å². The zero-order chi connectivity index (χ0) is 9.40. The molecule has 0 aliphatic carbocycles. The molecule has 0 rings (SSSR count). The molecule has 3 nitrogen and oxygen atoms in total. The van der Waals surface area contributed by atoms with Gasteiger partial charge in [0.05, 0.1) is 6.42 Å². The Balaban J connectivity index is 3.28. The standard InChI is InChI=1S/C9H15NO2/c1-3-4-5-7-10(2)8-6-9(11)12/h1H,4-8H2,2H3,(H,11,12). The smallest absolute Gasteiger partial charge is 0.304 e. The van der Waals surface area contributed by atoms with E-state index in [1.165, 1.54) is 0 Å². The van der Waals surface area contributed by atoms with Crippen molar-refractivity contribution in [3.63, 3.8) is 0 Å². The molecule has 0 aliphatic rings. The van der Waals surface area contributed by atoms with Crippen molar-refractivity contribution in [3.05, 3.63) is 0 Å². The first-order chi connectivity index (χ1) is 5.66. The minimum absolute atomic E-state index is 0.201. The summed E-state index contributed by atoms with van der Waals surface area (Å²) in [6.07, 6.45) is 6.97. The van der Waals surface area contributed by atoms with Crippen LogP contribution < -0.4 is 0 Å². The van der Waals surface area contributed by atoms with Crippen LogP contribution in [0, 0.1) is 12.3 Å². The summed E-state index contributed by atoms with van der Waals surface area (Å²) in [5.74, 6) is 1.79. The van der Waals surface area contributed by atoms with Gasteiger partial charge in [-0.05, 0) is 20.0 Å². The highest BCUT2D eigenvalue weighted by molar-refractivity contribution is 5.66. The monoisotopic (exact) mass is 169 g/mol. The zero-order valence-corrected chi connectivity index (χ0v) is 7.42. The number of rotatable bonds is 6. The molecule has 0 aromatic rings. The van der Waals surface area contributed by atoms with Crippen LogP contribution in [0.15, 0.2) is 0 Å². The Morgan fingerprint density at radius 1 is 1.58 bits per heavy atom. The molecule has 12 heavy (non-hydrogen) atoms. The van der Waals surface area contributed by atoms with E-state index in [4.69, 9.17) is 11.5 Å². The van der Waals surface area contributed by atoms with Crippen molar-refractivity contribution in [1.82, 2.24) is 4.90 Å². The first kappa shape index (κ1) is 11.0. The van der Waals surface area contributed by atoms with Crippen LogP contribution in [0.5, 0.6) is 0 Å². The van der Waals surface area contributed by atoms with Gasteiger partial charge in [0.2, 0.25) is 0 Å². The average Bonchev–Trinajstić information content (AvgIpc) is 2.01. The number of carboxylic acid groups (broad SMARTS) is 1. The van der Waals surface area contributed by atoms with Gasteiger partial charge in [-0.25, -0.2) is 0 Å². The number of carbonyl (C=O) groups is 1. The highest BCUT2D eigenvalue weighted by atomic mass is 16.4. The minimum atomic E-state index is -0.751. The van der Waals surface area contributed by atoms with Gasteiger partial charge in [-0.3, -0.25) is 4.79 Å². The number of nitrogens with zero attached hydrogens (tertiary/aromatic N) is 1. The lowest BCUT2D eigenvalue weighted by molar-refractivity contribution is -0.137. The largest absolute Gasteiger partial charge is 0.481 e. The molecule has 0 heterocycles. The second-order valence-corrected chi connectivity index (χ2v) is 2.75. The maximum Gasteiger partial charge on any atom is 0.304 e. The first-order valence-electron chi connectivity index (χ1n) is 4.00. The van der Waals surface area contributed by atoms with Crippen molar-refractivity contribution in [2.75, 3.05) is 20.1 Å². The predicted molar refractivity (Wildman–Crippen MR) is 47.8 cm³/mol. The van der Waals surface area contributed by atoms with E-state index in [0.29, 0.717) is 6.54 Å². The Bertz CT molecular complexity index is 172. The molecule has 0 saturated heterocycles. The van der Waals surface area contributed by atoms with Crippen LogP contribution in [0.1, 0.15) is 19.3 Å². The molecule has 0 aliphatic heterocycles. The Labute approximate surface area is 73.4 Å². The highest BCUT2D eigenvalue weighted by Crippen LogP contribution is 1.92. The van der Waals surface area contributed by atoms with Gasteiger partial charge in [-0.15, -0.1) is 12.3 Å². The van der Waals surface area contributed by atoms with Gasteiger partial charge in [0.25, 0.3) is 0 Å². The van der Waals surface area contributed by atoms with E-state index in [0.717, 1.165) is 19.4 Å². The van der Waals surface area contributed by atoms with Gasteiger partial charge < -0.3 is 10.0 Å². The molecule has 0 bridgehead atoms. The van der Waals surface area contributed by atoms with E-state index in [1.807, 2.05) is 11.9 Å². The molecule has 0 aromatic heterocycles. The molecule has 0 atom stereocenters. The van der Waals surface area contributed by atoms with E-state index in [2.05, 4.69) is 5.92 Å². The lowest BCUT2D eigenvalue weighted by Gasteiger charge is -2.13. The topological polar surface area (TPSA) is 40.5 Å². The zero-order valence-electron chi connectivity index (χ0n) is 7.42. The number of aliphatic carboxylic acids is 1. The number of unbranched alkanes of at least 4 members (excludes halogenated alkanes) is 1. The molecule has 0 radical (unpaired) electrons. The molecular weight excluding hydrogens is 154 g/mol. The molecule has 68 valence electrons. The summed E-state index contributed by atoms with van der Waals surface area (Å²) in [5.41, 5.74) is 0. The third-order valence-corrected chi connectivity index (χ3v) is 1.57. The molecule has 0 amide bonds. The van der Waals surface area contributed by atoms with Crippen LogP contribution in [0.4, 0.5) is 0 Å². The Hall–Kier alpha value is -1.01. The summed E-state index contributed by atoms with van der Waals surface area (Å²) in [7, 11) is 1.90. The Kier molecular flexibility index (Phi) is 6.12. The second-order valence-electron chi connectivity index (χ2n) is 2.75. The highest BCUT2D eigenvalue weighted by Gasteiger charge is 2.00. The SMILES string of the molecule is C#CCCCN(C)CCC(=O)O. The van der Waals surface area contributed by atoms with E-state index in [1.54, 1.807) is 0 Å². The summed E-state index contributed by atoms with van der Waals surface area (Å²) in [4.78, 5) is 12.2. The quantitative estimate of drug-likeness (QED) is 0.472. The van der Waals surface area contributed by atoms with Crippen molar-refractivity contribution in [2.45, 2.75) is 19.3 Å². The summed E-state index contributed by atoms with van der Waals surface area (Å²) < 4.78 is 0. The van der Waals surface area contributed by atoms with Crippen LogP contribution in [0.25, 0.3) is 0 Å². The maximum absolute atomic E-state index is 10.2. The molecule has 0 unspecified atom stereocenters. The third kappa shape index (κ3) is 7.10. The molecule has 0 spiro atoms. The predicted octanol–water partition coefficient (Wildman–Crippen LogP) is 0.806. The summed E-state index contributed by atoms with van der Waals surface area (Å²) in [5, 5.41) is 8.37. The van der Waals surface area contributed by atoms with Crippen molar-refractivity contribution < 1.29 is 9.90 Å². The third-order valence-electron chi connectivity index (χ3n) is 1.57. The fourth-order valence-corrected chi connectivity index (χ4v) is 0.849. The lowest BCUT2D eigenvalue weighted by atomic mass is 10.3. The molecule has 3 heteroatoms. The number of hydrogen-bond donors (Lipinski definition) is 1. The van der Waals surface area contributed by atoms with Gasteiger partial charge in [-0.2, -0.15) is 0 Å². The second kappa shape index (κ2) is 6.68. The summed E-state index contributed by atoms with van der Waals surface area (Å²) in [6.45, 7) is 1.47. The van der Waals surface area contributed by atoms with Crippen LogP contribution in [-0.4, -0.2) is 36.1 Å². The summed E-state index contributed by atoms with van der Waals surface area (Å²) >= 11 is 0. The van der Waals surface area contributed by atoms with Crippen molar-refractivity contribution in [3.8, 4) is 12.3 Å². The van der Waals surface area contributed by atoms with Crippen LogP contribution in [0.3, 0.4) is 0 Å². The summed E-state index contributed by atoms with van der Waals surface area (Å²) in [6, 6.07) is 0. The average molecular weight is 169 g/mol. The van der Waals surface area contributed by atoms with E-state index >= 15 is 0 Å². The fraction of sp³-hybridized carbons (Fsp3) is 0.667. The normalized spacial score (nSPS) is 9.75. The van der Waals surface area contributed by atoms with Crippen LogP contribution >= 0.6 is 0 Å². The van der Waals surface area contributed by atoms with Gasteiger partial charge in [0, 0.05) is 13.0 Å². The van der Waals surface area contributed by atoms with Gasteiger partial charge in [0.15, 0.2) is 0 Å². The first-order valence-corrected chi connectivity index (χ1v) is 4.00. The van der Waals surface area contributed by atoms with Crippen molar-refractivity contribution >= 4 is 5.97 Å². The van der Waals surface area contributed by atoms with E-state index in [9.17, 15) is 4.79 Å². The van der Waals surface area contributed by atoms with Crippen molar-refractivity contribution in [2.24, 2.45) is 0 Å². The molecule has 0 aromatic carbocycles. The van der Waals surface area contributed by atoms with Crippen LogP contribution in [0.2, 0.25) is 0 Å². The Morgan fingerprint density at radius 2 is 2.25 bits per heavy atom. The molecular formula is C9H15NO2. The maximum atomic E-state index is 10.2. The van der Waals surface area contributed by atoms with E-state index < -0.39 is 5.97 Å². The lowest BCUT2D eigenvalue weighted by Crippen LogP contribution is -2.22. The fourth-order valence-electron chi connectivity index (χ4n) is 0.849. The molecule has 0 saturated carbocycles. The van der Waals surface area contributed by atoms with E-state index in [-0.39, 0.29) is 6.42 Å². The van der Waals surface area contributed by atoms with Gasteiger partial charge in [0.1, 0.15) is 0 Å². The molecule has 1 N–H and O–H groups in total. The number of carboxylic acids is 1. The van der Waals surface area contributed by atoms with Crippen LogP contribution in [-0.2, 0) is 4.79 Å².